The fourth-order valence-electron chi connectivity index (χ4n) is 1.83. The molecular formula is C15H11NO3. The van der Waals surface area contributed by atoms with Gasteiger partial charge in [-0.15, -0.1) is 0 Å². The van der Waals surface area contributed by atoms with Crippen molar-refractivity contribution in [3.63, 3.8) is 0 Å². The van der Waals surface area contributed by atoms with Crippen molar-refractivity contribution in [2.75, 3.05) is 0 Å². The van der Waals surface area contributed by atoms with Gasteiger partial charge >= 0.3 is 0 Å². The number of furan rings is 1. The number of hydrogen-bond acceptors (Lipinski definition) is 4. The molecule has 2 aromatic heterocycles. The van der Waals surface area contributed by atoms with Crippen molar-refractivity contribution in [1.29, 1.82) is 0 Å². The lowest BCUT2D eigenvalue weighted by Gasteiger charge is -2.05. The molecule has 0 aliphatic heterocycles. The molecular weight excluding hydrogens is 242 g/mol. The number of pyridine rings is 1. The summed E-state index contributed by atoms with van der Waals surface area (Å²) in [7, 11) is 0. The summed E-state index contributed by atoms with van der Waals surface area (Å²) >= 11 is 0. The third-order valence-electron chi connectivity index (χ3n) is 2.76. The van der Waals surface area contributed by atoms with E-state index in [1.165, 1.54) is 0 Å². The number of ether oxygens (including phenoxy) is 1. The first-order valence-corrected chi connectivity index (χ1v) is 5.86. The zero-order valence-electron chi connectivity index (χ0n) is 10.1. The number of aldehydes is 1. The molecule has 0 amide bonds. The van der Waals surface area contributed by atoms with Crippen molar-refractivity contribution < 1.29 is 13.9 Å². The molecule has 0 aliphatic carbocycles. The monoisotopic (exact) mass is 253 g/mol. The van der Waals surface area contributed by atoms with Crippen molar-refractivity contribution in [1.82, 2.24) is 4.98 Å². The van der Waals surface area contributed by atoms with E-state index in [0.717, 1.165) is 16.7 Å². The third kappa shape index (κ3) is 2.47. The Morgan fingerprint density at radius 2 is 2.16 bits per heavy atom. The number of aromatic nitrogens is 1. The van der Waals surface area contributed by atoms with E-state index < -0.39 is 0 Å². The second kappa shape index (κ2) is 4.94. The van der Waals surface area contributed by atoms with Crippen LogP contribution in [-0.4, -0.2) is 11.3 Å². The minimum absolute atomic E-state index is 0.284. The Morgan fingerprint density at radius 3 is 3.00 bits per heavy atom. The highest BCUT2D eigenvalue weighted by molar-refractivity contribution is 5.79. The maximum absolute atomic E-state index is 10.5. The van der Waals surface area contributed by atoms with Crippen LogP contribution in [0.15, 0.2) is 53.1 Å². The van der Waals surface area contributed by atoms with Crippen LogP contribution in [0.2, 0.25) is 0 Å². The van der Waals surface area contributed by atoms with Gasteiger partial charge in [0.1, 0.15) is 18.1 Å². The molecule has 2 heterocycles. The molecule has 4 nitrogen and oxygen atoms in total. The predicted molar refractivity (Wildman–Crippen MR) is 70.2 cm³/mol. The number of hydrogen-bond donors (Lipinski definition) is 0. The molecule has 3 aromatic rings. The lowest BCUT2D eigenvalue weighted by molar-refractivity contribution is 0.109. The summed E-state index contributed by atoms with van der Waals surface area (Å²) in [5, 5.41) is 1.07. The van der Waals surface area contributed by atoms with E-state index >= 15 is 0 Å². The lowest BCUT2D eigenvalue weighted by atomic mass is 10.2. The molecule has 0 atom stereocenters. The van der Waals surface area contributed by atoms with E-state index in [1.807, 2.05) is 30.3 Å². The lowest BCUT2D eigenvalue weighted by Crippen LogP contribution is -1.93. The summed E-state index contributed by atoms with van der Waals surface area (Å²) in [6.07, 6.45) is 2.42. The van der Waals surface area contributed by atoms with Crippen LogP contribution < -0.4 is 4.74 Å². The second-order valence-corrected chi connectivity index (χ2v) is 4.07. The van der Waals surface area contributed by atoms with Gasteiger partial charge in [-0.2, -0.15) is 0 Å². The Balaban J connectivity index is 1.76. The van der Waals surface area contributed by atoms with E-state index in [9.17, 15) is 4.79 Å². The Kier molecular flexibility index (Phi) is 2.98. The summed E-state index contributed by atoms with van der Waals surface area (Å²) in [6.45, 7) is 0.284. The van der Waals surface area contributed by atoms with Crippen LogP contribution in [0.5, 0.6) is 5.75 Å². The SMILES string of the molecule is O=Cc1ccc(COc2ccc3cccnc3c2)o1. The highest BCUT2D eigenvalue weighted by atomic mass is 16.5. The van der Waals surface area contributed by atoms with E-state index in [0.29, 0.717) is 17.8 Å². The molecule has 4 heteroatoms. The molecule has 0 saturated heterocycles. The smallest absolute Gasteiger partial charge is 0.185 e. The Bertz CT molecular complexity index is 718. The molecule has 1 aromatic carbocycles. The summed E-state index contributed by atoms with van der Waals surface area (Å²) in [5.41, 5.74) is 0.882. The molecule has 0 radical (unpaired) electrons. The standard InChI is InChI=1S/C15H11NO3/c17-9-13-5-6-14(19-13)10-18-12-4-3-11-2-1-7-16-15(11)8-12/h1-9H,10H2. The van der Waals surface area contributed by atoms with Crippen LogP contribution in [-0.2, 0) is 6.61 Å². The topological polar surface area (TPSA) is 52.3 Å². The molecule has 0 spiro atoms. The Labute approximate surface area is 109 Å². The maximum Gasteiger partial charge on any atom is 0.185 e. The fourth-order valence-corrected chi connectivity index (χ4v) is 1.83. The van der Waals surface area contributed by atoms with Crippen molar-refractivity contribution >= 4 is 17.2 Å². The molecule has 0 aliphatic rings. The average Bonchev–Trinajstić information content (AvgIpc) is 2.93. The molecule has 0 saturated carbocycles. The zero-order chi connectivity index (χ0) is 13.1. The summed E-state index contributed by atoms with van der Waals surface area (Å²) in [6, 6.07) is 12.9. The highest BCUT2D eigenvalue weighted by Crippen LogP contribution is 2.20. The average molecular weight is 253 g/mol. The van der Waals surface area contributed by atoms with Gasteiger partial charge in [-0.05, 0) is 30.3 Å². The molecule has 0 bridgehead atoms. The first-order valence-electron chi connectivity index (χ1n) is 5.86. The summed E-state index contributed by atoms with van der Waals surface area (Å²) in [4.78, 5) is 14.8. The first kappa shape index (κ1) is 11.5. The van der Waals surface area contributed by atoms with E-state index in [-0.39, 0.29) is 6.61 Å². The van der Waals surface area contributed by atoms with Gasteiger partial charge < -0.3 is 9.15 Å². The third-order valence-corrected chi connectivity index (χ3v) is 2.76. The summed E-state index contributed by atoms with van der Waals surface area (Å²) < 4.78 is 10.8. The quantitative estimate of drug-likeness (QED) is 0.670. The number of benzene rings is 1. The van der Waals surface area contributed by atoms with Gasteiger partial charge in [-0.3, -0.25) is 9.78 Å². The minimum Gasteiger partial charge on any atom is -0.486 e. The summed E-state index contributed by atoms with van der Waals surface area (Å²) in [5.74, 6) is 1.64. The Hall–Kier alpha value is -2.62. The minimum atomic E-state index is 0.284. The molecule has 0 fully saturated rings. The molecule has 0 N–H and O–H groups in total. The maximum atomic E-state index is 10.5. The van der Waals surface area contributed by atoms with Crippen LogP contribution in [0.25, 0.3) is 10.9 Å². The van der Waals surface area contributed by atoms with Crippen LogP contribution in [0.4, 0.5) is 0 Å². The van der Waals surface area contributed by atoms with E-state index in [1.54, 1.807) is 18.3 Å². The number of fused-ring (bicyclic) bond motifs is 1. The zero-order valence-corrected chi connectivity index (χ0v) is 10.1. The van der Waals surface area contributed by atoms with Gasteiger partial charge in [0.15, 0.2) is 12.0 Å². The largest absolute Gasteiger partial charge is 0.486 e. The van der Waals surface area contributed by atoms with Crippen LogP contribution >= 0.6 is 0 Å². The van der Waals surface area contributed by atoms with Crippen molar-refractivity contribution in [3.8, 4) is 5.75 Å². The van der Waals surface area contributed by atoms with Gasteiger partial charge in [-0.1, -0.05) is 6.07 Å². The van der Waals surface area contributed by atoms with Gasteiger partial charge in [0.05, 0.1) is 5.52 Å². The fraction of sp³-hybridized carbons (Fsp3) is 0.0667. The first-order chi connectivity index (χ1) is 9.35. The number of carbonyl (C=O) groups is 1. The van der Waals surface area contributed by atoms with Gasteiger partial charge in [-0.25, -0.2) is 0 Å². The molecule has 19 heavy (non-hydrogen) atoms. The molecule has 0 unspecified atom stereocenters. The number of nitrogens with zero attached hydrogens (tertiary/aromatic N) is 1. The number of rotatable bonds is 4. The van der Waals surface area contributed by atoms with E-state index in [4.69, 9.17) is 9.15 Å². The van der Waals surface area contributed by atoms with Crippen LogP contribution in [0.1, 0.15) is 16.3 Å². The molecule has 94 valence electrons. The van der Waals surface area contributed by atoms with Gasteiger partial charge in [0, 0.05) is 17.6 Å². The second-order valence-electron chi connectivity index (χ2n) is 4.07. The normalized spacial score (nSPS) is 10.5. The van der Waals surface area contributed by atoms with E-state index in [2.05, 4.69) is 4.98 Å². The van der Waals surface area contributed by atoms with Crippen molar-refractivity contribution in [2.45, 2.75) is 6.61 Å². The number of carbonyl (C=O) groups excluding carboxylic acids is 1. The van der Waals surface area contributed by atoms with Crippen LogP contribution in [0, 0.1) is 0 Å². The highest BCUT2D eigenvalue weighted by Gasteiger charge is 2.03. The van der Waals surface area contributed by atoms with Gasteiger partial charge in [0.25, 0.3) is 0 Å². The predicted octanol–water partition coefficient (Wildman–Crippen LogP) is 3.22. The molecule has 3 rings (SSSR count). The van der Waals surface area contributed by atoms with Crippen molar-refractivity contribution in [2.24, 2.45) is 0 Å². The van der Waals surface area contributed by atoms with Gasteiger partial charge in [0.2, 0.25) is 0 Å². The Morgan fingerprint density at radius 1 is 1.21 bits per heavy atom. The van der Waals surface area contributed by atoms with Crippen molar-refractivity contribution in [3.05, 3.63) is 60.2 Å². The van der Waals surface area contributed by atoms with Crippen LogP contribution in [0.3, 0.4) is 0 Å².